The van der Waals surface area contributed by atoms with Gasteiger partial charge >= 0.3 is 0 Å². The number of aromatic amines is 1. The molecule has 0 bridgehead atoms. The Morgan fingerprint density at radius 2 is 2.40 bits per heavy atom. The zero-order chi connectivity index (χ0) is 10.7. The molecule has 4 nitrogen and oxygen atoms in total. The van der Waals surface area contributed by atoms with E-state index in [-0.39, 0.29) is 0 Å². The lowest BCUT2D eigenvalue weighted by Crippen LogP contribution is -1.95. The maximum Gasteiger partial charge on any atom is 0.109 e. The molecule has 1 aromatic heterocycles. The molecule has 2 aromatic rings. The van der Waals surface area contributed by atoms with Crippen LogP contribution in [0.5, 0.6) is 0 Å². The molecule has 1 aromatic carbocycles. The van der Waals surface area contributed by atoms with Crippen LogP contribution in [0.4, 0.5) is 0 Å². The van der Waals surface area contributed by atoms with Crippen molar-refractivity contribution in [3.05, 3.63) is 29.6 Å². The summed E-state index contributed by atoms with van der Waals surface area (Å²) < 4.78 is 4.97. The molecule has 0 radical (unpaired) electrons. The van der Waals surface area contributed by atoms with Gasteiger partial charge in [-0.1, -0.05) is 6.07 Å². The minimum absolute atomic E-state index is 0.604. The van der Waals surface area contributed by atoms with Crippen LogP contribution >= 0.6 is 0 Å². The van der Waals surface area contributed by atoms with Crippen molar-refractivity contribution in [3.8, 4) is 6.07 Å². The maximum absolute atomic E-state index is 8.89. The Morgan fingerprint density at radius 1 is 1.53 bits per heavy atom. The first-order chi connectivity index (χ1) is 7.35. The third-order valence-electron chi connectivity index (χ3n) is 2.23. The van der Waals surface area contributed by atoms with Crippen molar-refractivity contribution < 1.29 is 4.74 Å². The van der Waals surface area contributed by atoms with E-state index in [2.05, 4.69) is 16.0 Å². The molecule has 0 fully saturated rings. The van der Waals surface area contributed by atoms with Gasteiger partial charge < -0.3 is 9.72 Å². The van der Waals surface area contributed by atoms with Crippen LogP contribution in [0, 0.1) is 11.3 Å². The first-order valence-corrected chi connectivity index (χ1v) is 4.72. The lowest BCUT2D eigenvalue weighted by Gasteiger charge is -1.92. The van der Waals surface area contributed by atoms with Gasteiger partial charge in [-0.3, -0.25) is 0 Å². The summed E-state index contributed by atoms with van der Waals surface area (Å²) in [5, 5.41) is 8.89. The second-order valence-electron chi connectivity index (χ2n) is 3.24. The van der Waals surface area contributed by atoms with Crippen molar-refractivity contribution in [3.63, 3.8) is 0 Å². The third kappa shape index (κ3) is 1.83. The van der Waals surface area contributed by atoms with E-state index in [0.29, 0.717) is 12.2 Å². The number of nitriles is 1. The predicted octanol–water partition coefficient (Wildman–Crippen LogP) is 1.62. The van der Waals surface area contributed by atoms with Crippen molar-refractivity contribution in [1.29, 1.82) is 5.26 Å². The SMILES string of the molecule is COCCc1nc2c(C#N)cccc2[nH]1. The zero-order valence-corrected chi connectivity index (χ0v) is 8.45. The van der Waals surface area contributed by atoms with Crippen LogP contribution in [0.15, 0.2) is 18.2 Å². The smallest absolute Gasteiger partial charge is 0.109 e. The van der Waals surface area contributed by atoms with Gasteiger partial charge in [0.25, 0.3) is 0 Å². The molecule has 0 unspecified atom stereocenters. The molecule has 4 heteroatoms. The van der Waals surface area contributed by atoms with Crippen LogP contribution in [0.1, 0.15) is 11.4 Å². The van der Waals surface area contributed by atoms with E-state index in [1.807, 2.05) is 12.1 Å². The number of aromatic nitrogens is 2. The molecule has 0 amide bonds. The number of fused-ring (bicyclic) bond motifs is 1. The van der Waals surface area contributed by atoms with Gasteiger partial charge in [0.2, 0.25) is 0 Å². The molecule has 0 aliphatic rings. The highest BCUT2D eigenvalue weighted by Gasteiger charge is 2.05. The Labute approximate surface area is 87.5 Å². The second-order valence-corrected chi connectivity index (χ2v) is 3.24. The Hall–Kier alpha value is -1.86. The summed E-state index contributed by atoms with van der Waals surface area (Å²) in [7, 11) is 1.66. The van der Waals surface area contributed by atoms with Crippen molar-refractivity contribution in [1.82, 2.24) is 9.97 Å². The number of hydrogen-bond acceptors (Lipinski definition) is 3. The van der Waals surface area contributed by atoms with Crippen molar-refractivity contribution in [2.24, 2.45) is 0 Å². The molecule has 0 saturated carbocycles. The van der Waals surface area contributed by atoms with Gasteiger partial charge in [0.15, 0.2) is 0 Å². The molecule has 0 spiro atoms. The topological polar surface area (TPSA) is 61.7 Å². The van der Waals surface area contributed by atoms with Crippen LogP contribution < -0.4 is 0 Å². The normalized spacial score (nSPS) is 10.4. The fourth-order valence-electron chi connectivity index (χ4n) is 1.49. The Bertz CT molecular complexity index is 510. The van der Waals surface area contributed by atoms with E-state index in [4.69, 9.17) is 10.00 Å². The number of ether oxygens (including phenoxy) is 1. The molecule has 1 heterocycles. The number of nitrogens with zero attached hydrogens (tertiary/aromatic N) is 2. The van der Waals surface area contributed by atoms with E-state index >= 15 is 0 Å². The number of rotatable bonds is 3. The summed E-state index contributed by atoms with van der Waals surface area (Å²) in [5.41, 5.74) is 2.25. The summed E-state index contributed by atoms with van der Waals surface area (Å²) in [6.45, 7) is 0.627. The molecule has 2 rings (SSSR count). The van der Waals surface area contributed by atoms with Gasteiger partial charge in [0.1, 0.15) is 17.4 Å². The lowest BCUT2D eigenvalue weighted by molar-refractivity contribution is 0.201. The molecule has 76 valence electrons. The molecule has 0 aliphatic carbocycles. The van der Waals surface area contributed by atoms with Gasteiger partial charge in [-0.25, -0.2) is 4.98 Å². The van der Waals surface area contributed by atoms with Crippen molar-refractivity contribution in [2.45, 2.75) is 6.42 Å². The molecule has 15 heavy (non-hydrogen) atoms. The summed E-state index contributed by atoms with van der Waals surface area (Å²) in [6.07, 6.45) is 0.732. The van der Waals surface area contributed by atoms with Gasteiger partial charge in [0.05, 0.1) is 17.7 Å². The number of nitrogens with one attached hydrogen (secondary N) is 1. The monoisotopic (exact) mass is 201 g/mol. The number of para-hydroxylation sites is 1. The summed E-state index contributed by atoms with van der Waals surface area (Å²) >= 11 is 0. The molecule has 0 saturated heterocycles. The number of imidazole rings is 1. The first-order valence-electron chi connectivity index (χ1n) is 4.72. The van der Waals surface area contributed by atoms with Crippen LogP contribution in [0.2, 0.25) is 0 Å². The van der Waals surface area contributed by atoms with E-state index in [1.165, 1.54) is 0 Å². The van der Waals surface area contributed by atoms with E-state index in [1.54, 1.807) is 13.2 Å². The number of H-pyrrole nitrogens is 1. The quantitative estimate of drug-likeness (QED) is 0.820. The zero-order valence-electron chi connectivity index (χ0n) is 8.45. The lowest BCUT2D eigenvalue weighted by atomic mass is 10.2. The van der Waals surface area contributed by atoms with Gasteiger partial charge in [-0.05, 0) is 12.1 Å². The predicted molar refractivity (Wildman–Crippen MR) is 56.4 cm³/mol. The van der Waals surface area contributed by atoms with Gasteiger partial charge in [-0.2, -0.15) is 5.26 Å². The second kappa shape index (κ2) is 4.11. The maximum atomic E-state index is 8.89. The number of benzene rings is 1. The van der Waals surface area contributed by atoms with Crippen molar-refractivity contribution >= 4 is 11.0 Å². The van der Waals surface area contributed by atoms with Crippen LogP contribution in [0.25, 0.3) is 11.0 Å². The summed E-state index contributed by atoms with van der Waals surface area (Å²) in [4.78, 5) is 7.53. The van der Waals surface area contributed by atoms with Gasteiger partial charge in [-0.15, -0.1) is 0 Å². The Balaban J connectivity index is 2.42. The highest BCUT2D eigenvalue weighted by Crippen LogP contribution is 2.15. The average Bonchev–Trinajstić information content (AvgIpc) is 2.68. The van der Waals surface area contributed by atoms with Crippen LogP contribution in [-0.4, -0.2) is 23.7 Å². The number of hydrogen-bond donors (Lipinski definition) is 1. The van der Waals surface area contributed by atoms with Crippen LogP contribution in [0.3, 0.4) is 0 Å². The van der Waals surface area contributed by atoms with Crippen molar-refractivity contribution in [2.75, 3.05) is 13.7 Å². The number of methoxy groups -OCH3 is 1. The minimum Gasteiger partial charge on any atom is -0.384 e. The average molecular weight is 201 g/mol. The summed E-state index contributed by atoms with van der Waals surface area (Å²) in [6, 6.07) is 7.66. The standard InChI is InChI=1S/C11H11N3O/c1-15-6-5-10-13-9-4-2-3-8(7-12)11(9)14-10/h2-4H,5-6H2,1H3,(H,13,14). The van der Waals surface area contributed by atoms with Crippen LogP contribution in [-0.2, 0) is 11.2 Å². The fourth-order valence-corrected chi connectivity index (χ4v) is 1.49. The molecule has 0 atom stereocenters. The highest BCUT2D eigenvalue weighted by atomic mass is 16.5. The third-order valence-corrected chi connectivity index (χ3v) is 2.23. The Morgan fingerprint density at radius 3 is 3.13 bits per heavy atom. The van der Waals surface area contributed by atoms with E-state index in [9.17, 15) is 0 Å². The molecule has 1 N–H and O–H groups in total. The largest absolute Gasteiger partial charge is 0.384 e. The summed E-state index contributed by atoms with van der Waals surface area (Å²) in [5.74, 6) is 0.856. The first kappa shape index (κ1) is 9.69. The van der Waals surface area contributed by atoms with E-state index < -0.39 is 0 Å². The van der Waals surface area contributed by atoms with Gasteiger partial charge in [0, 0.05) is 13.5 Å². The molecular weight excluding hydrogens is 190 g/mol. The fraction of sp³-hybridized carbons (Fsp3) is 0.273. The molecular formula is C11H11N3O. The van der Waals surface area contributed by atoms with E-state index in [0.717, 1.165) is 23.3 Å². The molecule has 0 aliphatic heterocycles. The Kier molecular flexibility index (Phi) is 2.66. The highest BCUT2D eigenvalue weighted by molar-refractivity contribution is 5.81. The minimum atomic E-state index is 0.604.